The normalized spacial score (nSPS) is 13.7. The van der Waals surface area contributed by atoms with Gasteiger partial charge in [0, 0.05) is 19.6 Å². The van der Waals surface area contributed by atoms with E-state index in [2.05, 4.69) is 5.32 Å². The number of sulfonamides is 1. The molecule has 0 aliphatic rings. The highest BCUT2D eigenvalue weighted by Crippen LogP contribution is 2.26. The van der Waals surface area contributed by atoms with Gasteiger partial charge in [-0.05, 0) is 37.6 Å². The Hall–Kier alpha value is -0.620. The fourth-order valence-electron chi connectivity index (χ4n) is 1.77. The van der Waals surface area contributed by atoms with Gasteiger partial charge in [0.25, 0.3) is 0 Å². The lowest BCUT2D eigenvalue weighted by Crippen LogP contribution is -2.34. The first-order valence-corrected chi connectivity index (χ1v) is 8.63. The van der Waals surface area contributed by atoms with Crippen LogP contribution in [0.2, 0.25) is 5.02 Å². The molecule has 1 aromatic carbocycles. The molecule has 1 rings (SSSR count). The Morgan fingerprint density at radius 1 is 1.35 bits per heavy atom. The van der Waals surface area contributed by atoms with Gasteiger partial charge in [-0.15, -0.1) is 0 Å². The Kier molecular flexibility index (Phi) is 6.45. The molecule has 4 nitrogen and oxygen atoms in total. The topological polar surface area (TPSA) is 49.4 Å². The summed E-state index contributed by atoms with van der Waals surface area (Å²) in [6.07, 6.45) is 0.754. The van der Waals surface area contributed by atoms with Gasteiger partial charge in [0.2, 0.25) is 10.0 Å². The van der Waals surface area contributed by atoms with Crippen LogP contribution in [-0.2, 0) is 16.6 Å². The molecule has 20 heavy (non-hydrogen) atoms. The highest BCUT2D eigenvalue weighted by molar-refractivity contribution is 7.89. The van der Waals surface area contributed by atoms with E-state index in [1.54, 1.807) is 19.2 Å². The van der Waals surface area contributed by atoms with Gasteiger partial charge in [-0.3, -0.25) is 0 Å². The fourth-order valence-corrected chi connectivity index (χ4v) is 3.73. The predicted molar refractivity (Wildman–Crippen MR) is 83.5 cm³/mol. The van der Waals surface area contributed by atoms with Gasteiger partial charge in [0.15, 0.2) is 0 Å². The number of halogens is 1. The van der Waals surface area contributed by atoms with E-state index in [0.29, 0.717) is 6.54 Å². The van der Waals surface area contributed by atoms with Crippen LogP contribution in [-0.4, -0.2) is 32.4 Å². The fraction of sp³-hybridized carbons (Fsp3) is 0.571. The molecular formula is C14H23ClN2O2S. The lowest BCUT2D eigenvalue weighted by molar-refractivity contribution is 0.380. The minimum absolute atomic E-state index is 0.0616. The smallest absolute Gasteiger partial charge is 0.244 e. The van der Waals surface area contributed by atoms with E-state index in [1.807, 2.05) is 26.8 Å². The predicted octanol–water partition coefficient (Wildman–Crippen LogP) is 2.87. The molecule has 0 heterocycles. The van der Waals surface area contributed by atoms with Crippen molar-refractivity contribution in [2.45, 2.75) is 44.7 Å². The van der Waals surface area contributed by atoms with Crippen LogP contribution in [0, 0.1) is 0 Å². The highest BCUT2D eigenvalue weighted by Gasteiger charge is 2.26. The summed E-state index contributed by atoms with van der Waals surface area (Å²) in [6, 6.07) is 5.08. The second kappa shape index (κ2) is 7.41. The standard InChI is InChI=1S/C14H23ClN2O2S/c1-5-11(3)17(4)20(18,19)14-9-12(10-16-6-2)7-8-13(14)15/h7-9,11,16H,5-6,10H2,1-4H3. The first-order valence-electron chi connectivity index (χ1n) is 6.81. The molecule has 0 amide bonds. The molecule has 1 atom stereocenters. The van der Waals surface area contributed by atoms with Crippen molar-refractivity contribution in [3.8, 4) is 0 Å². The van der Waals surface area contributed by atoms with Crippen LogP contribution in [0.5, 0.6) is 0 Å². The van der Waals surface area contributed by atoms with E-state index in [-0.39, 0.29) is 16.0 Å². The summed E-state index contributed by atoms with van der Waals surface area (Å²) in [4.78, 5) is 0.178. The van der Waals surface area contributed by atoms with Crippen LogP contribution in [0.3, 0.4) is 0 Å². The first-order chi connectivity index (χ1) is 9.34. The van der Waals surface area contributed by atoms with Crippen LogP contribution in [0.25, 0.3) is 0 Å². The molecule has 0 saturated heterocycles. The lowest BCUT2D eigenvalue weighted by atomic mass is 10.2. The third kappa shape index (κ3) is 3.95. The molecule has 0 aliphatic carbocycles. The van der Waals surface area contributed by atoms with E-state index >= 15 is 0 Å². The molecule has 0 bridgehead atoms. The summed E-state index contributed by atoms with van der Waals surface area (Å²) in [6.45, 7) is 7.30. The van der Waals surface area contributed by atoms with Crippen LogP contribution in [0.15, 0.2) is 23.1 Å². The summed E-state index contributed by atoms with van der Waals surface area (Å²) < 4.78 is 26.6. The molecule has 0 radical (unpaired) electrons. The zero-order valence-corrected chi connectivity index (χ0v) is 14.1. The molecule has 0 aromatic heterocycles. The Labute approximate surface area is 127 Å². The minimum Gasteiger partial charge on any atom is -0.313 e. The molecule has 1 N–H and O–H groups in total. The van der Waals surface area contributed by atoms with Gasteiger partial charge in [0.1, 0.15) is 4.90 Å². The second-order valence-electron chi connectivity index (χ2n) is 4.82. The quantitative estimate of drug-likeness (QED) is 0.841. The second-order valence-corrected chi connectivity index (χ2v) is 7.20. The maximum absolute atomic E-state index is 12.6. The SMILES string of the molecule is CCNCc1ccc(Cl)c(S(=O)(=O)N(C)C(C)CC)c1. The molecule has 0 aliphatic heterocycles. The number of rotatable bonds is 7. The van der Waals surface area contributed by atoms with Crippen molar-refractivity contribution in [3.63, 3.8) is 0 Å². The molecular weight excluding hydrogens is 296 g/mol. The zero-order valence-electron chi connectivity index (χ0n) is 12.5. The molecule has 0 fully saturated rings. The Balaban J connectivity index is 3.16. The highest BCUT2D eigenvalue weighted by atomic mass is 35.5. The molecule has 6 heteroatoms. The number of nitrogens with zero attached hydrogens (tertiary/aromatic N) is 1. The Morgan fingerprint density at radius 2 is 2.00 bits per heavy atom. The van der Waals surface area contributed by atoms with Crippen LogP contribution >= 0.6 is 11.6 Å². The molecule has 0 spiro atoms. The number of hydrogen-bond acceptors (Lipinski definition) is 3. The van der Waals surface area contributed by atoms with Crippen molar-refractivity contribution in [2.75, 3.05) is 13.6 Å². The molecule has 1 unspecified atom stereocenters. The number of hydrogen-bond donors (Lipinski definition) is 1. The Morgan fingerprint density at radius 3 is 2.55 bits per heavy atom. The van der Waals surface area contributed by atoms with Crippen molar-refractivity contribution in [3.05, 3.63) is 28.8 Å². The molecule has 0 saturated carbocycles. The molecule has 1 aromatic rings. The largest absolute Gasteiger partial charge is 0.313 e. The van der Waals surface area contributed by atoms with E-state index in [0.717, 1.165) is 18.5 Å². The average Bonchev–Trinajstić information content (AvgIpc) is 2.44. The average molecular weight is 319 g/mol. The van der Waals surface area contributed by atoms with E-state index < -0.39 is 10.0 Å². The van der Waals surface area contributed by atoms with Gasteiger partial charge < -0.3 is 5.32 Å². The van der Waals surface area contributed by atoms with Crippen molar-refractivity contribution in [2.24, 2.45) is 0 Å². The summed E-state index contributed by atoms with van der Waals surface area (Å²) >= 11 is 6.08. The number of nitrogens with one attached hydrogen (secondary N) is 1. The first kappa shape index (κ1) is 17.4. The number of benzene rings is 1. The van der Waals surface area contributed by atoms with Gasteiger partial charge in [-0.2, -0.15) is 4.31 Å². The van der Waals surface area contributed by atoms with E-state index in [9.17, 15) is 8.42 Å². The molecule has 114 valence electrons. The van der Waals surface area contributed by atoms with Gasteiger partial charge in [0.05, 0.1) is 5.02 Å². The van der Waals surface area contributed by atoms with Crippen LogP contribution in [0.4, 0.5) is 0 Å². The summed E-state index contributed by atoms with van der Waals surface area (Å²) in [5, 5.41) is 3.44. The maximum Gasteiger partial charge on any atom is 0.244 e. The lowest BCUT2D eigenvalue weighted by Gasteiger charge is -2.24. The monoisotopic (exact) mass is 318 g/mol. The van der Waals surface area contributed by atoms with Gasteiger partial charge in [-0.1, -0.05) is 31.5 Å². The van der Waals surface area contributed by atoms with Crippen molar-refractivity contribution >= 4 is 21.6 Å². The Bertz CT molecular complexity index is 546. The maximum atomic E-state index is 12.6. The zero-order chi connectivity index (χ0) is 15.3. The van der Waals surface area contributed by atoms with Crippen molar-refractivity contribution in [1.29, 1.82) is 0 Å². The van der Waals surface area contributed by atoms with Crippen molar-refractivity contribution in [1.82, 2.24) is 9.62 Å². The van der Waals surface area contributed by atoms with E-state index in [4.69, 9.17) is 11.6 Å². The van der Waals surface area contributed by atoms with Crippen LogP contribution < -0.4 is 5.32 Å². The van der Waals surface area contributed by atoms with Gasteiger partial charge in [-0.25, -0.2) is 8.42 Å². The van der Waals surface area contributed by atoms with Crippen molar-refractivity contribution < 1.29 is 8.42 Å². The third-order valence-electron chi connectivity index (χ3n) is 3.44. The van der Waals surface area contributed by atoms with Crippen LogP contribution in [0.1, 0.15) is 32.8 Å². The van der Waals surface area contributed by atoms with E-state index in [1.165, 1.54) is 4.31 Å². The summed E-state index contributed by atoms with van der Waals surface area (Å²) in [5.41, 5.74) is 0.910. The third-order valence-corrected chi connectivity index (χ3v) is 5.90. The summed E-state index contributed by atoms with van der Waals surface area (Å²) in [7, 11) is -1.96. The van der Waals surface area contributed by atoms with Gasteiger partial charge >= 0.3 is 0 Å². The summed E-state index contributed by atoms with van der Waals surface area (Å²) in [5.74, 6) is 0. The minimum atomic E-state index is -3.55.